The van der Waals surface area contributed by atoms with Crippen LogP contribution in [-0.2, 0) is 4.79 Å². The summed E-state index contributed by atoms with van der Waals surface area (Å²) in [5.74, 6) is 3.25. The second kappa shape index (κ2) is 6.42. The molecule has 1 aliphatic carbocycles. The van der Waals surface area contributed by atoms with Crippen LogP contribution >= 0.6 is 0 Å². The van der Waals surface area contributed by atoms with Crippen LogP contribution < -0.4 is 9.47 Å². The van der Waals surface area contributed by atoms with Crippen LogP contribution in [0, 0.1) is 5.92 Å². The maximum absolute atomic E-state index is 12.4. The summed E-state index contributed by atoms with van der Waals surface area (Å²) < 4.78 is 10.8. The quantitative estimate of drug-likeness (QED) is 0.850. The number of hydrogen-bond acceptors (Lipinski definition) is 3. The summed E-state index contributed by atoms with van der Waals surface area (Å²) in [5, 5.41) is 0. The molecular weight excluding hydrogens is 290 g/mol. The number of amides is 1. The molecule has 0 N–H and O–H groups in total. The third-order valence-corrected chi connectivity index (χ3v) is 5.65. The Morgan fingerprint density at radius 1 is 1.13 bits per heavy atom. The molecule has 0 radical (unpaired) electrons. The highest BCUT2D eigenvalue weighted by Crippen LogP contribution is 2.37. The molecule has 2 heterocycles. The van der Waals surface area contributed by atoms with Gasteiger partial charge in [0.1, 0.15) is 0 Å². The molecule has 2 aliphatic heterocycles. The van der Waals surface area contributed by atoms with Crippen LogP contribution in [0.1, 0.15) is 56.4 Å². The van der Waals surface area contributed by atoms with Crippen LogP contribution in [0.4, 0.5) is 0 Å². The normalized spacial score (nSPS) is 23.7. The molecule has 2 fully saturated rings. The zero-order valence-electron chi connectivity index (χ0n) is 13.6. The minimum Gasteiger partial charge on any atom is -0.454 e. The predicted octanol–water partition coefficient (Wildman–Crippen LogP) is 3.70. The average Bonchev–Trinajstić information content (AvgIpc) is 3.32. The van der Waals surface area contributed by atoms with Gasteiger partial charge in [0.15, 0.2) is 11.5 Å². The van der Waals surface area contributed by atoms with E-state index in [1.807, 2.05) is 6.07 Å². The van der Waals surface area contributed by atoms with Gasteiger partial charge in [0.25, 0.3) is 0 Å². The number of likely N-dealkylation sites (tertiary alicyclic amines) is 1. The first kappa shape index (κ1) is 14.9. The van der Waals surface area contributed by atoms with Gasteiger partial charge >= 0.3 is 0 Å². The van der Waals surface area contributed by atoms with Crippen LogP contribution in [-0.4, -0.2) is 30.7 Å². The van der Waals surface area contributed by atoms with Crippen molar-refractivity contribution in [2.45, 2.75) is 50.9 Å². The van der Waals surface area contributed by atoms with Crippen molar-refractivity contribution in [3.63, 3.8) is 0 Å². The van der Waals surface area contributed by atoms with Gasteiger partial charge in [-0.15, -0.1) is 0 Å². The highest BCUT2D eigenvalue weighted by atomic mass is 16.7. The van der Waals surface area contributed by atoms with Crippen LogP contribution in [0.3, 0.4) is 0 Å². The summed E-state index contributed by atoms with van der Waals surface area (Å²) in [4.78, 5) is 14.5. The first-order chi connectivity index (χ1) is 11.3. The third kappa shape index (κ3) is 3.17. The lowest BCUT2D eigenvalue weighted by molar-refractivity contribution is -0.130. The van der Waals surface area contributed by atoms with Crippen molar-refractivity contribution in [1.29, 1.82) is 0 Å². The smallest absolute Gasteiger partial charge is 0.231 e. The SMILES string of the molecule is O=C(CCC1CCCC1)N1CCC(c2ccc3c(c2)OCO3)C1. The fourth-order valence-corrected chi connectivity index (χ4v) is 4.21. The summed E-state index contributed by atoms with van der Waals surface area (Å²) in [7, 11) is 0. The van der Waals surface area contributed by atoms with E-state index in [-0.39, 0.29) is 0 Å². The second-order valence-corrected chi connectivity index (χ2v) is 7.13. The van der Waals surface area contributed by atoms with Gasteiger partial charge in [0.05, 0.1) is 0 Å². The van der Waals surface area contributed by atoms with E-state index in [0.29, 0.717) is 18.6 Å². The summed E-state index contributed by atoms with van der Waals surface area (Å²) in [6.45, 7) is 2.06. The lowest BCUT2D eigenvalue weighted by Crippen LogP contribution is -2.28. The highest BCUT2D eigenvalue weighted by Gasteiger charge is 2.29. The van der Waals surface area contributed by atoms with E-state index in [0.717, 1.165) is 49.8 Å². The van der Waals surface area contributed by atoms with E-state index in [1.54, 1.807) is 0 Å². The number of carbonyl (C=O) groups excluding carboxylic acids is 1. The first-order valence-corrected chi connectivity index (χ1v) is 8.97. The number of rotatable bonds is 4. The molecule has 1 atom stereocenters. The maximum atomic E-state index is 12.4. The van der Waals surface area contributed by atoms with E-state index in [4.69, 9.17) is 9.47 Å². The Hall–Kier alpha value is -1.71. The van der Waals surface area contributed by atoms with Crippen LogP contribution in [0.15, 0.2) is 18.2 Å². The lowest BCUT2D eigenvalue weighted by atomic mass is 9.98. The van der Waals surface area contributed by atoms with Crippen molar-refractivity contribution in [2.75, 3.05) is 19.9 Å². The number of hydrogen-bond donors (Lipinski definition) is 0. The summed E-state index contributed by atoms with van der Waals surface area (Å²) in [5.41, 5.74) is 1.26. The molecule has 23 heavy (non-hydrogen) atoms. The van der Waals surface area contributed by atoms with Crippen molar-refractivity contribution < 1.29 is 14.3 Å². The third-order valence-electron chi connectivity index (χ3n) is 5.65. The number of fused-ring (bicyclic) bond motifs is 1. The van der Waals surface area contributed by atoms with Crippen molar-refractivity contribution >= 4 is 5.91 Å². The summed E-state index contributed by atoms with van der Waals surface area (Å²) in [6.07, 6.45) is 8.24. The second-order valence-electron chi connectivity index (χ2n) is 7.13. The van der Waals surface area contributed by atoms with Gasteiger partial charge in [-0.1, -0.05) is 31.7 Å². The molecule has 0 spiro atoms. The fraction of sp³-hybridized carbons (Fsp3) is 0.632. The van der Waals surface area contributed by atoms with Crippen molar-refractivity contribution in [1.82, 2.24) is 4.90 Å². The van der Waals surface area contributed by atoms with E-state index in [2.05, 4.69) is 17.0 Å². The van der Waals surface area contributed by atoms with Crippen LogP contribution in [0.2, 0.25) is 0 Å². The van der Waals surface area contributed by atoms with Crippen LogP contribution in [0.25, 0.3) is 0 Å². The number of nitrogens with zero attached hydrogens (tertiary/aromatic N) is 1. The van der Waals surface area contributed by atoms with E-state index in [1.165, 1.54) is 31.2 Å². The molecule has 1 saturated carbocycles. The Bertz CT molecular complexity index is 580. The molecule has 1 amide bonds. The monoisotopic (exact) mass is 315 g/mol. The van der Waals surface area contributed by atoms with Crippen LogP contribution in [0.5, 0.6) is 11.5 Å². The number of ether oxygens (including phenoxy) is 2. The van der Waals surface area contributed by atoms with Crippen molar-refractivity contribution in [2.24, 2.45) is 5.92 Å². The molecule has 1 aromatic carbocycles. The van der Waals surface area contributed by atoms with Gasteiger partial charge < -0.3 is 14.4 Å². The zero-order valence-corrected chi connectivity index (χ0v) is 13.6. The molecular formula is C19H25NO3. The summed E-state index contributed by atoms with van der Waals surface area (Å²) >= 11 is 0. The van der Waals surface area contributed by atoms with E-state index >= 15 is 0 Å². The Morgan fingerprint density at radius 3 is 2.83 bits per heavy atom. The van der Waals surface area contributed by atoms with Gasteiger partial charge in [-0.3, -0.25) is 4.79 Å². The predicted molar refractivity (Wildman–Crippen MR) is 87.7 cm³/mol. The molecule has 0 bridgehead atoms. The van der Waals surface area contributed by atoms with Gasteiger partial charge in [0.2, 0.25) is 12.7 Å². The molecule has 124 valence electrons. The van der Waals surface area contributed by atoms with E-state index < -0.39 is 0 Å². The number of benzene rings is 1. The Labute approximate surface area is 137 Å². The van der Waals surface area contributed by atoms with Gasteiger partial charge in [-0.2, -0.15) is 0 Å². The Morgan fingerprint density at radius 2 is 1.96 bits per heavy atom. The first-order valence-electron chi connectivity index (χ1n) is 8.97. The Balaban J connectivity index is 1.32. The fourth-order valence-electron chi connectivity index (χ4n) is 4.21. The summed E-state index contributed by atoms with van der Waals surface area (Å²) in [6, 6.07) is 6.19. The minimum atomic E-state index is 0.315. The standard InChI is InChI=1S/C19H25NO3/c21-19(8-5-14-3-1-2-4-14)20-10-9-16(12-20)15-6-7-17-18(11-15)23-13-22-17/h6-7,11,14,16H,1-5,8-10,12-13H2. The molecule has 4 nitrogen and oxygen atoms in total. The van der Waals surface area contributed by atoms with E-state index in [9.17, 15) is 4.79 Å². The molecule has 4 heteroatoms. The average molecular weight is 315 g/mol. The molecule has 1 aromatic rings. The molecule has 0 aromatic heterocycles. The van der Waals surface area contributed by atoms with Gasteiger partial charge in [-0.25, -0.2) is 0 Å². The van der Waals surface area contributed by atoms with Crippen molar-refractivity contribution in [3.8, 4) is 11.5 Å². The largest absolute Gasteiger partial charge is 0.454 e. The van der Waals surface area contributed by atoms with Gasteiger partial charge in [0, 0.05) is 25.4 Å². The number of carbonyl (C=O) groups is 1. The van der Waals surface area contributed by atoms with Crippen molar-refractivity contribution in [3.05, 3.63) is 23.8 Å². The lowest BCUT2D eigenvalue weighted by Gasteiger charge is -2.18. The highest BCUT2D eigenvalue weighted by molar-refractivity contribution is 5.76. The molecule has 1 unspecified atom stereocenters. The minimum absolute atomic E-state index is 0.315. The topological polar surface area (TPSA) is 38.8 Å². The molecule has 1 saturated heterocycles. The zero-order chi connectivity index (χ0) is 15.6. The molecule has 3 aliphatic rings. The Kier molecular flexibility index (Phi) is 4.15. The molecule has 4 rings (SSSR count). The maximum Gasteiger partial charge on any atom is 0.231 e. The van der Waals surface area contributed by atoms with Gasteiger partial charge in [-0.05, 0) is 36.5 Å².